The van der Waals surface area contributed by atoms with E-state index in [1.807, 2.05) is 10.8 Å². The van der Waals surface area contributed by atoms with Gasteiger partial charge in [-0.05, 0) is 11.4 Å². The molecule has 20 heavy (non-hydrogen) atoms. The molecular formula is C13H14FN3O2S. The fourth-order valence-electron chi connectivity index (χ4n) is 2.31. The lowest BCUT2D eigenvalue weighted by atomic mass is 10.1. The van der Waals surface area contributed by atoms with Crippen molar-refractivity contribution in [2.45, 2.75) is 6.10 Å². The monoisotopic (exact) mass is 295 g/mol. The van der Waals surface area contributed by atoms with Crippen molar-refractivity contribution in [2.24, 2.45) is 5.92 Å². The summed E-state index contributed by atoms with van der Waals surface area (Å²) < 4.78 is 13.8. The highest BCUT2D eigenvalue weighted by atomic mass is 32.1. The van der Waals surface area contributed by atoms with Crippen LogP contribution in [-0.4, -0.2) is 46.0 Å². The van der Waals surface area contributed by atoms with Gasteiger partial charge in [-0.1, -0.05) is 0 Å². The summed E-state index contributed by atoms with van der Waals surface area (Å²) in [4.78, 5) is 10.0. The number of nitrogens with zero attached hydrogens (tertiary/aromatic N) is 3. The Hall–Kier alpha value is -1.57. The van der Waals surface area contributed by atoms with Gasteiger partial charge in [-0.25, -0.2) is 14.4 Å². The number of anilines is 1. The Kier molecular flexibility index (Phi) is 3.64. The molecule has 1 saturated heterocycles. The first kappa shape index (κ1) is 13.4. The van der Waals surface area contributed by atoms with Crippen LogP contribution in [0.2, 0.25) is 0 Å². The standard InChI is InChI=1S/C13H14FN3O2S/c14-10-3-15-13(16-12(10)8-1-2-20-7-8)17-4-9(6-18)11(19)5-17/h1-3,7,9,11,18-19H,4-6H2/t9-,11+/m0/s1. The largest absolute Gasteiger partial charge is 0.396 e. The number of thiophene rings is 1. The van der Waals surface area contributed by atoms with Gasteiger partial charge in [0.1, 0.15) is 5.69 Å². The van der Waals surface area contributed by atoms with Crippen molar-refractivity contribution in [3.8, 4) is 11.3 Å². The zero-order valence-corrected chi connectivity index (χ0v) is 11.4. The number of halogens is 1. The maximum atomic E-state index is 13.8. The predicted molar refractivity (Wildman–Crippen MR) is 74.1 cm³/mol. The molecule has 0 spiro atoms. The lowest BCUT2D eigenvalue weighted by Gasteiger charge is -2.16. The van der Waals surface area contributed by atoms with Gasteiger partial charge >= 0.3 is 0 Å². The molecule has 3 rings (SSSR count). The number of β-amino-alcohol motifs (C(OH)–C–C–N with tert-alkyl or cyclic N) is 1. The van der Waals surface area contributed by atoms with Crippen molar-refractivity contribution in [3.63, 3.8) is 0 Å². The highest BCUT2D eigenvalue weighted by Crippen LogP contribution is 2.26. The minimum absolute atomic E-state index is 0.0871. The molecule has 2 atom stereocenters. The van der Waals surface area contributed by atoms with Gasteiger partial charge in [0, 0.05) is 30.0 Å². The van der Waals surface area contributed by atoms with Crippen LogP contribution < -0.4 is 4.90 Å². The topological polar surface area (TPSA) is 69.5 Å². The van der Waals surface area contributed by atoms with Gasteiger partial charge in [0.25, 0.3) is 0 Å². The van der Waals surface area contributed by atoms with Gasteiger partial charge in [0.15, 0.2) is 5.82 Å². The highest BCUT2D eigenvalue weighted by Gasteiger charge is 2.32. The average molecular weight is 295 g/mol. The van der Waals surface area contributed by atoms with Crippen LogP contribution in [0.3, 0.4) is 0 Å². The first-order chi connectivity index (χ1) is 9.69. The molecule has 0 amide bonds. The lowest BCUT2D eigenvalue weighted by molar-refractivity contribution is 0.104. The van der Waals surface area contributed by atoms with E-state index >= 15 is 0 Å². The van der Waals surface area contributed by atoms with Crippen LogP contribution in [0.15, 0.2) is 23.0 Å². The summed E-state index contributed by atoms with van der Waals surface area (Å²) in [5, 5.41) is 22.6. The van der Waals surface area contributed by atoms with E-state index in [1.165, 1.54) is 11.3 Å². The normalized spacial score (nSPS) is 22.4. The predicted octanol–water partition coefficient (Wildman–Crippen LogP) is 1.13. The van der Waals surface area contributed by atoms with Crippen LogP contribution in [0.25, 0.3) is 11.3 Å². The molecule has 0 unspecified atom stereocenters. The van der Waals surface area contributed by atoms with Gasteiger partial charge in [0.05, 0.1) is 18.9 Å². The summed E-state index contributed by atoms with van der Waals surface area (Å²) in [6.07, 6.45) is 0.534. The third-order valence-corrected chi connectivity index (χ3v) is 4.13. The van der Waals surface area contributed by atoms with Crippen molar-refractivity contribution >= 4 is 17.3 Å². The van der Waals surface area contributed by atoms with Crippen molar-refractivity contribution < 1.29 is 14.6 Å². The zero-order chi connectivity index (χ0) is 14.1. The van der Waals surface area contributed by atoms with Gasteiger partial charge in [-0.15, -0.1) is 0 Å². The third kappa shape index (κ3) is 2.39. The Morgan fingerprint density at radius 1 is 1.45 bits per heavy atom. The third-order valence-electron chi connectivity index (χ3n) is 3.45. The maximum Gasteiger partial charge on any atom is 0.226 e. The molecule has 0 aliphatic carbocycles. The Balaban J connectivity index is 1.90. The molecule has 0 saturated carbocycles. The summed E-state index contributed by atoms with van der Waals surface area (Å²) in [6, 6.07) is 1.80. The molecule has 1 fully saturated rings. The maximum absolute atomic E-state index is 13.8. The van der Waals surface area contributed by atoms with E-state index in [0.717, 1.165) is 11.8 Å². The van der Waals surface area contributed by atoms with E-state index in [0.29, 0.717) is 19.0 Å². The molecule has 1 aliphatic rings. The Morgan fingerprint density at radius 3 is 2.95 bits per heavy atom. The van der Waals surface area contributed by atoms with Gasteiger partial charge < -0.3 is 15.1 Å². The second-order valence-corrected chi connectivity index (χ2v) is 5.57. The number of rotatable bonds is 3. The molecule has 7 heteroatoms. The van der Waals surface area contributed by atoms with Crippen molar-refractivity contribution in [2.75, 3.05) is 24.6 Å². The number of hydrogen-bond donors (Lipinski definition) is 2. The van der Waals surface area contributed by atoms with Crippen LogP contribution in [0.5, 0.6) is 0 Å². The Morgan fingerprint density at radius 2 is 2.30 bits per heavy atom. The highest BCUT2D eigenvalue weighted by molar-refractivity contribution is 7.08. The fourth-order valence-corrected chi connectivity index (χ4v) is 2.95. The molecule has 2 N–H and O–H groups in total. The SMILES string of the molecule is OC[C@@H]1CN(c2ncc(F)c(-c3ccsc3)n2)C[C@H]1O. The molecule has 0 aromatic carbocycles. The molecular weight excluding hydrogens is 281 g/mol. The van der Waals surface area contributed by atoms with E-state index < -0.39 is 11.9 Å². The first-order valence-electron chi connectivity index (χ1n) is 6.28. The minimum atomic E-state index is -0.613. The minimum Gasteiger partial charge on any atom is -0.396 e. The lowest BCUT2D eigenvalue weighted by Crippen LogP contribution is -2.23. The fraction of sp³-hybridized carbons (Fsp3) is 0.385. The van der Waals surface area contributed by atoms with Gasteiger partial charge in [-0.3, -0.25) is 0 Å². The summed E-state index contributed by atoms with van der Waals surface area (Å²) in [6.45, 7) is 0.725. The van der Waals surface area contributed by atoms with E-state index in [2.05, 4.69) is 9.97 Å². The Bertz CT molecular complexity index is 593. The van der Waals surface area contributed by atoms with E-state index in [4.69, 9.17) is 5.11 Å². The molecule has 2 aromatic heterocycles. The van der Waals surface area contributed by atoms with Crippen LogP contribution in [0.1, 0.15) is 0 Å². The quantitative estimate of drug-likeness (QED) is 0.888. The molecule has 2 aromatic rings. The molecule has 0 bridgehead atoms. The first-order valence-corrected chi connectivity index (χ1v) is 7.22. The van der Waals surface area contributed by atoms with Crippen LogP contribution in [0, 0.1) is 11.7 Å². The second kappa shape index (κ2) is 5.43. The number of aromatic nitrogens is 2. The van der Waals surface area contributed by atoms with Crippen molar-refractivity contribution in [1.82, 2.24) is 9.97 Å². The van der Waals surface area contributed by atoms with Crippen LogP contribution in [0.4, 0.5) is 10.3 Å². The van der Waals surface area contributed by atoms with Gasteiger partial charge in [-0.2, -0.15) is 11.3 Å². The summed E-state index contributed by atoms with van der Waals surface area (Å²) >= 11 is 1.47. The van der Waals surface area contributed by atoms with Crippen LogP contribution in [-0.2, 0) is 0 Å². The smallest absolute Gasteiger partial charge is 0.226 e. The molecule has 0 radical (unpaired) electrons. The van der Waals surface area contributed by atoms with Crippen molar-refractivity contribution in [1.29, 1.82) is 0 Å². The van der Waals surface area contributed by atoms with E-state index in [1.54, 1.807) is 11.0 Å². The summed E-state index contributed by atoms with van der Waals surface area (Å²) in [7, 11) is 0. The average Bonchev–Trinajstić information content (AvgIpc) is 3.08. The summed E-state index contributed by atoms with van der Waals surface area (Å²) in [5.74, 6) is -0.304. The van der Waals surface area contributed by atoms with E-state index in [-0.39, 0.29) is 18.2 Å². The second-order valence-electron chi connectivity index (χ2n) is 4.79. The number of hydrogen-bond acceptors (Lipinski definition) is 6. The Labute approximate surface area is 119 Å². The molecule has 1 aliphatic heterocycles. The zero-order valence-electron chi connectivity index (χ0n) is 10.6. The number of aliphatic hydroxyl groups excluding tert-OH is 2. The molecule has 106 valence electrons. The summed E-state index contributed by atoms with van der Waals surface area (Å²) in [5.41, 5.74) is 0.979. The van der Waals surface area contributed by atoms with E-state index in [9.17, 15) is 9.50 Å². The molecule has 3 heterocycles. The molecule has 5 nitrogen and oxygen atoms in total. The number of aliphatic hydroxyl groups is 2. The van der Waals surface area contributed by atoms with Gasteiger partial charge in [0.2, 0.25) is 5.95 Å². The van der Waals surface area contributed by atoms with Crippen LogP contribution >= 0.6 is 11.3 Å². The van der Waals surface area contributed by atoms with Crippen molar-refractivity contribution in [3.05, 3.63) is 28.8 Å².